The van der Waals surface area contributed by atoms with Crippen molar-refractivity contribution in [2.75, 3.05) is 24.6 Å². The molecule has 2 aliphatic heterocycles. The zero-order valence-electron chi connectivity index (χ0n) is 11.0. The van der Waals surface area contributed by atoms with Gasteiger partial charge < -0.3 is 5.11 Å². The highest BCUT2D eigenvalue weighted by Crippen LogP contribution is 2.27. The van der Waals surface area contributed by atoms with Gasteiger partial charge in [-0.25, -0.2) is 0 Å². The van der Waals surface area contributed by atoms with Crippen molar-refractivity contribution in [1.29, 1.82) is 0 Å². The molecular weight excluding hydrogens is 288 g/mol. The Morgan fingerprint density at radius 2 is 2.00 bits per heavy atom. The van der Waals surface area contributed by atoms with E-state index in [4.69, 9.17) is 0 Å². The zero-order chi connectivity index (χ0) is 14.0. The second-order valence-corrected chi connectivity index (χ2v) is 7.99. The molecule has 2 atom stereocenters. The molecule has 2 unspecified atom stereocenters. The first-order chi connectivity index (χ1) is 8.94. The third kappa shape index (κ3) is 3.07. The minimum Gasteiger partial charge on any atom is -0.480 e. The highest BCUT2D eigenvalue weighted by Gasteiger charge is 2.42. The molecule has 2 fully saturated rings. The van der Waals surface area contributed by atoms with Gasteiger partial charge in [-0.3, -0.25) is 4.79 Å². The molecule has 0 aliphatic carbocycles. The van der Waals surface area contributed by atoms with E-state index in [9.17, 15) is 18.3 Å². The fourth-order valence-corrected chi connectivity index (χ4v) is 5.85. The fraction of sp³-hybridized carbons (Fsp3) is 0.909. The van der Waals surface area contributed by atoms with Crippen molar-refractivity contribution in [2.45, 2.75) is 38.3 Å². The van der Waals surface area contributed by atoms with E-state index in [0.29, 0.717) is 18.1 Å². The van der Waals surface area contributed by atoms with Gasteiger partial charge in [0, 0.05) is 30.6 Å². The van der Waals surface area contributed by atoms with Gasteiger partial charge in [-0.15, -0.1) is 0 Å². The topological polar surface area (TPSA) is 77.9 Å². The molecule has 8 heteroatoms. The van der Waals surface area contributed by atoms with E-state index < -0.39 is 22.2 Å². The summed E-state index contributed by atoms with van der Waals surface area (Å²) in [6.07, 6.45) is 2.73. The van der Waals surface area contributed by atoms with Gasteiger partial charge >= 0.3 is 5.97 Å². The van der Waals surface area contributed by atoms with E-state index in [2.05, 4.69) is 0 Å². The molecule has 0 amide bonds. The first-order valence-corrected chi connectivity index (χ1v) is 9.09. The van der Waals surface area contributed by atoms with Gasteiger partial charge in [-0.2, -0.15) is 28.8 Å². The van der Waals surface area contributed by atoms with Crippen molar-refractivity contribution in [3.8, 4) is 0 Å². The maximum atomic E-state index is 12.6. The molecule has 1 N–H and O–H groups in total. The maximum Gasteiger partial charge on any atom is 0.322 e. The summed E-state index contributed by atoms with van der Waals surface area (Å²) in [4.78, 5) is 11.2. The molecule has 6 nitrogen and oxygen atoms in total. The highest BCUT2D eigenvalue weighted by atomic mass is 32.2. The van der Waals surface area contributed by atoms with E-state index in [0.717, 1.165) is 19.3 Å². The third-order valence-electron chi connectivity index (χ3n) is 3.70. The lowest BCUT2D eigenvalue weighted by atomic mass is 10.1. The standard InChI is InChI=1S/C11H20N2O4S2/c1-9-4-2-3-5-12(9)19(16,17)13-6-7-18-8-10(13)11(14)15/h9-10H,2-8H2,1H3,(H,14,15). The van der Waals surface area contributed by atoms with E-state index in [1.165, 1.54) is 20.4 Å². The van der Waals surface area contributed by atoms with Crippen LogP contribution >= 0.6 is 11.8 Å². The van der Waals surface area contributed by atoms with Crippen LogP contribution in [-0.2, 0) is 15.0 Å². The molecule has 0 radical (unpaired) electrons. The molecule has 0 bridgehead atoms. The molecule has 0 saturated carbocycles. The van der Waals surface area contributed by atoms with Crippen LogP contribution in [0, 0.1) is 0 Å². The molecule has 0 aromatic heterocycles. The van der Waals surface area contributed by atoms with Gasteiger partial charge in [0.1, 0.15) is 6.04 Å². The summed E-state index contributed by atoms with van der Waals surface area (Å²) in [5.74, 6) is -0.0670. The van der Waals surface area contributed by atoms with Crippen molar-refractivity contribution in [3.05, 3.63) is 0 Å². The lowest BCUT2D eigenvalue weighted by molar-refractivity contribution is -0.140. The molecule has 2 rings (SSSR count). The number of nitrogens with zero attached hydrogens (tertiary/aromatic N) is 2. The Morgan fingerprint density at radius 1 is 1.26 bits per heavy atom. The van der Waals surface area contributed by atoms with Crippen LogP contribution in [0.25, 0.3) is 0 Å². The summed E-state index contributed by atoms with van der Waals surface area (Å²) in [5, 5.41) is 9.20. The zero-order valence-corrected chi connectivity index (χ0v) is 12.6. The van der Waals surface area contributed by atoms with Crippen LogP contribution in [-0.4, -0.2) is 64.8 Å². The first-order valence-electron chi connectivity index (χ1n) is 6.53. The second-order valence-electron chi connectivity index (χ2n) is 5.00. The molecule has 0 aromatic carbocycles. The Balaban J connectivity index is 2.23. The van der Waals surface area contributed by atoms with E-state index >= 15 is 0 Å². The third-order valence-corrected chi connectivity index (χ3v) is 6.89. The number of carbonyl (C=O) groups is 1. The average molecular weight is 308 g/mol. The number of hydrogen-bond acceptors (Lipinski definition) is 4. The largest absolute Gasteiger partial charge is 0.480 e. The van der Waals surface area contributed by atoms with Gasteiger partial charge in [0.05, 0.1) is 0 Å². The van der Waals surface area contributed by atoms with Gasteiger partial charge in [0.2, 0.25) is 0 Å². The molecule has 0 aromatic rings. The van der Waals surface area contributed by atoms with E-state index in [1.807, 2.05) is 6.92 Å². The Kier molecular flexibility index (Phi) is 4.75. The summed E-state index contributed by atoms with van der Waals surface area (Å²) in [7, 11) is -3.66. The van der Waals surface area contributed by atoms with Crippen LogP contribution in [0.5, 0.6) is 0 Å². The SMILES string of the molecule is CC1CCCCN1S(=O)(=O)N1CCSCC1C(=O)O. The van der Waals surface area contributed by atoms with Gasteiger partial charge in [0.25, 0.3) is 10.2 Å². The summed E-state index contributed by atoms with van der Waals surface area (Å²) < 4.78 is 27.9. The van der Waals surface area contributed by atoms with Crippen LogP contribution in [0.1, 0.15) is 26.2 Å². The molecular formula is C11H20N2O4S2. The Morgan fingerprint density at radius 3 is 2.63 bits per heavy atom. The van der Waals surface area contributed by atoms with Crippen molar-refractivity contribution in [2.24, 2.45) is 0 Å². The van der Waals surface area contributed by atoms with Crippen LogP contribution in [0.15, 0.2) is 0 Å². The van der Waals surface area contributed by atoms with Gasteiger partial charge in [0.15, 0.2) is 0 Å². The Labute approximate surface area is 118 Å². The summed E-state index contributed by atoms with van der Waals surface area (Å²) in [6, 6.07) is -0.972. The Bertz CT molecular complexity index is 440. The average Bonchev–Trinajstić information content (AvgIpc) is 2.39. The molecule has 0 spiro atoms. The number of aliphatic carboxylic acids is 1. The number of thioether (sulfide) groups is 1. The first kappa shape index (κ1) is 15.1. The number of rotatable bonds is 3. The van der Waals surface area contributed by atoms with Crippen molar-refractivity contribution in [1.82, 2.24) is 8.61 Å². The number of piperidine rings is 1. The minimum atomic E-state index is -3.66. The lowest BCUT2D eigenvalue weighted by Gasteiger charge is -2.39. The molecule has 2 aliphatic rings. The number of carboxylic acid groups (broad SMARTS) is 1. The molecule has 2 heterocycles. The number of carboxylic acids is 1. The summed E-state index contributed by atoms with van der Waals surface area (Å²) in [5.41, 5.74) is 0. The van der Waals surface area contributed by atoms with Gasteiger partial charge in [-0.05, 0) is 19.8 Å². The molecule has 110 valence electrons. The van der Waals surface area contributed by atoms with Crippen LogP contribution in [0.2, 0.25) is 0 Å². The van der Waals surface area contributed by atoms with Crippen LogP contribution in [0.3, 0.4) is 0 Å². The maximum absolute atomic E-state index is 12.6. The number of hydrogen-bond donors (Lipinski definition) is 1. The fourth-order valence-electron chi connectivity index (χ4n) is 2.61. The lowest BCUT2D eigenvalue weighted by Crippen LogP contribution is -2.57. The van der Waals surface area contributed by atoms with E-state index in [1.54, 1.807) is 0 Å². The predicted octanol–water partition coefficient (Wildman–Crippen LogP) is 0.608. The second kappa shape index (κ2) is 5.99. The summed E-state index contributed by atoms with van der Waals surface area (Å²) >= 11 is 1.49. The normalized spacial score (nSPS) is 31.2. The highest BCUT2D eigenvalue weighted by molar-refractivity contribution is 7.99. The van der Waals surface area contributed by atoms with Crippen LogP contribution < -0.4 is 0 Å². The molecule has 2 saturated heterocycles. The van der Waals surface area contributed by atoms with Gasteiger partial charge in [-0.1, -0.05) is 6.42 Å². The minimum absolute atomic E-state index is 0.0391. The quantitative estimate of drug-likeness (QED) is 0.826. The van der Waals surface area contributed by atoms with Crippen molar-refractivity contribution >= 4 is 27.9 Å². The Hall–Kier alpha value is -0.310. The van der Waals surface area contributed by atoms with Crippen molar-refractivity contribution in [3.63, 3.8) is 0 Å². The predicted molar refractivity (Wildman–Crippen MR) is 74.4 cm³/mol. The van der Waals surface area contributed by atoms with E-state index in [-0.39, 0.29) is 12.6 Å². The van der Waals surface area contributed by atoms with Crippen molar-refractivity contribution < 1.29 is 18.3 Å². The molecule has 19 heavy (non-hydrogen) atoms. The summed E-state index contributed by atoms with van der Waals surface area (Å²) in [6.45, 7) is 2.68. The van der Waals surface area contributed by atoms with Crippen LogP contribution in [0.4, 0.5) is 0 Å². The smallest absolute Gasteiger partial charge is 0.322 e. The monoisotopic (exact) mass is 308 g/mol.